The van der Waals surface area contributed by atoms with Gasteiger partial charge in [-0.15, -0.1) is 0 Å². The van der Waals surface area contributed by atoms with Crippen molar-refractivity contribution in [2.45, 2.75) is 132 Å². The van der Waals surface area contributed by atoms with Crippen LogP contribution in [0.2, 0.25) is 0 Å². The van der Waals surface area contributed by atoms with Crippen LogP contribution in [0, 0.1) is 56.2 Å². The number of aliphatic hydroxyl groups excluding tert-OH is 1. The minimum atomic E-state index is -0.108. The predicted molar refractivity (Wildman–Crippen MR) is 131 cm³/mol. The molecular formula is C30H52O. The van der Waals surface area contributed by atoms with Crippen molar-refractivity contribution < 1.29 is 5.11 Å². The van der Waals surface area contributed by atoms with E-state index in [4.69, 9.17) is 0 Å². The molecule has 5 saturated carbocycles. The topological polar surface area (TPSA) is 20.2 Å². The van der Waals surface area contributed by atoms with Crippen LogP contribution in [0.3, 0.4) is 0 Å². The Hall–Kier alpha value is -0.0400. The highest BCUT2D eigenvalue weighted by molar-refractivity contribution is 5.17. The quantitative estimate of drug-likeness (QED) is 0.412. The molecular weight excluding hydrogens is 376 g/mol. The van der Waals surface area contributed by atoms with Crippen molar-refractivity contribution in [1.29, 1.82) is 0 Å². The van der Waals surface area contributed by atoms with Gasteiger partial charge < -0.3 is 5.11 Å². The second kappa shape index (κ2) is 6.55. The third-order valence-electron chi connectivity index (χ3n) is 13.4. The van der Waals surface area contributed by atoms with E-state index in [1.165, 1.54) is 64.2 Å². The van der Waals surface area contributed by atoms with E-state index in [1.807, 2.05) is 0 Å². The first-order valence-electron chi connectivity index (χ1n) is 13.9. The van der Waals surface area contributed by atoms with E-state index < -0.39 is 0 Å². The van der Waals surface area contributed by atoms with Crippen LogP contribution in [0.25, 0.3) is 0 Å². The Morgan fingerprint density at radius 1 is 0.516 bits per heavy atom. The summed E-state index contributed by atoms with van der Waals surface area (Å²) in [5.74, 6) is 3.35. The molecule has 5 aliphatic rings. The first-order valence-corrected chi connectivity index (χ1v) is 13.9. The third kappa shape index (κ3) is 2.89. The Labute approximate surface area is 193 Å². The molecule has 31 heavy (non-hydrogen) atoms. The molecule has 0 bridgehead atoms. The molecule has 0 aromatic rings. The first-order chi connectivity index (χ1) is 14.2. The number of hydrogen-bond donors (Lipinski definition) is 1. The van der Waals surface area contributed by atoms with E-state index in [1.54, 1.807) is 0 Å². The summed E-state index contributed by atoms with van der Waals surface area (Å²) >= 11 is 0. The summed E-state index contributed by atoms with van der Waals surface area (Å²) < 4.78 is 0. The van der Waals surface area contributed by atoms with Crippen molar-refractivity contribution in [3.8, 4) is 0 Å². The molecule has 5 fully saturated rings. The SMILES string of the molecule is CC1(C)CC[C@]2(C)CC[C@@H]3[C@]4(C)CC[C@H]5C(C)(C)C(O)CC[C@]5(C)[C@H]4CC[C@@]3(C)[C@@H]2C1. The molecule has 9 atom stereocenters. The zero-order chi connectivity index (χ0) is 22.7. The Bertz CT molecular complexity index is 737. The van der Waals surface area contributed by atoms with E-state index in [9.17, 15) is 5.11 Å². The van der Waals surface area contributed by atoms with Crippen LogP contribution >= 0.6 is 0 Å². The van der Waals surface area contributed by atoms with Gasteiger partial charge in [-0.25, -0.2) is 0 Å². The molecule has 0 aromatic heterocycles. The Balaban J connectivity index is 1.52. The van der Waals surface area contributed by atoms with Crippen LogP contribution in [0.1, 0.15) is 126 Å². The van der Waals surface area contributed by atoms with Gasteiger partial charge in [0.25, 0.3) is 0 Å². The lowest BCUT2D eigenvalue weighted by Crippen LogP contribution is -2.66. The number of fused-ring (bicyclic) bond motifs is 7. The van der Waals surface area contributed by atoms with Crippen LogP contribution < -0.4 is 0 Å². The van der Waals surface area contributed by atoms with Gasteiger partial charge in [0, 0.05) is 0 Å². The summed E-state index contributed by atoms with van der Waals surface area (Å²) in [6.45, 7) is 20.7. The highest BCUT2D eigenvalue weighted by Crippen LogP contribution is 2.76. The fourth-order valence-electron chi connectivity index (χ4n) is 11.6. The van der Waals surface area contributed by atoms with Gasteiger partial charge in [0.15, 0.2) is 0 Å². The highest BCUT2D eigenvalue weighted by atomic mass is 16.3. The van der Waals surface area contributed by atoms with Crippen molar-refractivity contribution in [3.63, 3.8) is 0 Å². The summed E-state index contributed by atoms with van der Waals surface area (Å²) in [5, 5.41) is 10.9. The molecule has 5 rings (SSSR count). The predicted octanol–water partition coefficient (Wildman–Crippen LogP) is 8.25. The summed E-state index contributed by atoms with van der Waals surface area (Å²) in [4.78, 5) is 0. The van der Waals surface area contributed by atoms with Crippen LogP contribution in [-0.4, -0.2) is 11.2 Å². The second-order valence-corrected chi connectivity index (χ2v) is 15.7. The van der Waals surface area contributed by atoms with Crippen LogP contribution in [0.15, 0.2) is 0 Å². The zero-order valence-electron chi connectivity index (χ0n) is 22.1. The minimum absolute atomic E-state index is 0.0770. The lowest BCUT2D eigenvalue weighted by Gasteiger charge is -2.73. The zero-order valence-corrected chi connectivity index (χ0v) is 22.1. The van der Waals surface area contributed by atoms with Crippen LogP contribution in [-0.2, 0) is 0 Å². The average molecular weight is 429 g/mol. The van der Waals surface area contributed by atoms with Crippen molar-refractivity contribution in [2.75, 3.05) is 0 Å². The maximum atomic E-state index is 10.9. The fourth-order valence-corrected chi connectivity index (χ4v) is 11.6. The molecule has 0 saturated heterocycles. The Kier molecular flexibility index (Phi) is 4.80. The van der Waals surface area contributed by atoms with Gasteiger partial charge in [-0.2, -0.15) is 0 Å². The maximum Gasteiger partial charge on any atom is 0.0594 e. The van der Waals surface area contributed by atoms with E-state index in [0.29, 0.717) is 33.0 Å². The van der Waals surface area contributed by atoms with Crippen LogP contribution in [0.4, 0.5) is 0 Å². The van der Waals surface area contributed by atoms with Gasteiger partial charge in [-0.3, -0.25) is 0 Å². The Morgan fingerprint density at radius 3 is 1.65 bits per heavy atom. The fraction of sp³-hybridized carbons (Fsp3) is 1.00. The standard InChI is InChI=1S/C30H52O/c1-25(2)17-18-27(5)13-9-21-29(7)14-10-20-26(3,4)24(31)12-16-28(20,6)22(29)11-15-30(21,8)23(27)19-25/h20-24,31H,9-19H2,1-8H3/t20-,21+,22+,23+,24?,27-,28-,29-,30+/m0/s1. The molecule has 0 heterocycles. The van der Waals surface area contributed by atoms with E-state index in [2.05, 4.69) is 55.4 Å². The highest BCUT2D eigenvalue weighted by Gasteiger charge is 2.68. The summed E-state index contributed by atoms with van der Waals surface area (Å²) in [5.41, 5.74) is 2.64. The largest absolute Gasteiger partial charge is 0.393 e. The van der Waals surface area contributed by atoms with Gasteiger partial charge in [0.05, 0.1) is 6.10 Å². The van der Waals surface area contributed by atoms with Gasteiger partial charge in [-0.1, -0.05) is 55.4 Å². The second-order valence-electron chi connectivity index (χ2n) is 15.7. The molecule has 0 radical (unpaired) electrons. The molecule has 0 spiro atoms. The molecule has 1 heteroatoms. The molecule has 0 aromatic carbocycles. The van der Waals surface area contributed by atoms with E-state index in [0.717, 1.165) is 24.2 Å². The first kappa shape index (κ1) is 22.7. The molecule has 1 unspecified atom stereocenters. The number of aliphatic hydroxyl groups is 1. The number of hydrogen-bond acceptors (Lipinski definition) is 1. The maximum absolute atomic E-state index is 10.9. The molecule has 0 aliphatic heterocycles. The lowest BCUT2D eigenvalue weighted by molar-refractivity contribution is -0.244. The van der Waals surface area contributed by atoms with Gasteiger partial charge in [-0.05, 0) is 127 Å². The summed E-state index contributed by atoms with van der Waals surface area (Å²) in [6, 6.07) is 0. The molecule has 0 amide bonds. The molecule has 5 aliphatic carbocycles. The van der Waals surface area contributed by atoms with Crippen molar-refractivity contribution in [3.05, 3.63) is 0 Å². The average Bonchev–Trinajstić information content (AvgIpc) is 2.66. The van der Waals surface area contributed by atoms with Crippen molar-refractivity contribution in [1.82, 2.24) is 0 Å². The van der Waals surface area contributed by atoms with Crippen molar-refractivity contribution >= 4 is 0 Å². The van der Waals surface area contributed by atoms with E-state index >= 15 is 0 Å². The van der Waals surface area contributed by atoms with E-state index in [-0.39, 0.29) is 11.5 Å². The monoisotopic (exact) mass is 428 g/mol. The summed E-state index contributed by atoms with van der Waals surface area (Å²) in [7, 11) is 0. The lowest BCUT2D eigenvalue weighted by atomic mass is 9.32. The third-order valence-corrected chi connectivity index (χ3v) is 13.4. The minimum Gasteiger partial charge on any atom is -0.393 e. The van der Waals surface area contributed by atoms with Crippen molar-refractivity contribution in [2.24, 2.45) is 56.2 Å². The summed E-state index contributed by atoms with van der Waals surface area (Å²) in [6.07, 6.45) is 15.1. The smallest absolute Gasteiger partial charge is 0.0594 e. The number of rotatable bonds is 0. The van der Waals surface area contributed by atoms with Crippen LogP contribution in [0.5, 0.6) is 0 Å². The molecule has 1 nitrogen and oxygen atoms in total. The van der Waals surface area contributed by atoms with Gasteiger partial charge >= 0.3 is 0 Å². The molecule has 1 N–H and O–H groups in total. The van der Waals surface area contributed by atoms with Gasteiger partial charge in [0.1, 0.15) is 0 Å². The Morgan fingerprint density at radius 2 is 1.00 bits per heavy atom. The van der Waals surface area contributed by atoms with Gasteiger partial charge in [0.2, 0.25) is 0 Å². The molecule has 178 valence electrons. The normalized spacial score (nSPS) is 57.8.